The van der Waals surface area contributed by atoms with Crippen LogP contribution in [0.4, 0.5) is 0 Å². The van der Waals surface area contributed by atoms with E-state index in [1.54, 1.807) is 24.3 Å². The van der Waals surface area contributed by atoms with Crippen LogP contribution < -0.4 is 10.6 Å². The third-order valence-corrected chi connectivity index (χ3v) is 2.54. The maximum atomic E-state index is 11.5. The lowest BCUT2D eigenvalue weighted by atomic mass is 10.1. The number of carbonyl (C=O) groups excluding carboxylic acids is 2. The lowest BCUT2D eigenvalue weighted by molar-refractivity contribution is -0.120. The highest BCUT2D eigenvalue weighted by Gasteiger charge is 2.27. The number of hydrogen-bond donors (Lipinski definition) is 2. The Balaban J connectivity index is 2.25. The van der Waals surface area contributed by atoms with Crippen molar-refractivity contribution in [2.75, 3.05) is 0 Å². The summed E-state index contributed by atoms with van der Waals surface area (Å²) in [5.41, 5.74) is 1.17. The van der Waals surface area contributed by atoms with E-state index in [0.717, 1.165) is 5.56 Å². The Hall–Kier alpha value is -1.81. The largest absolute Gasteiger partial charge is 0.357 e. The van der Waals surface area contributed by atoms with Crippen LogP contribution in [0.1, 0.15) is 22.0 Å². The molecule has 82 valence electrons. The molecule has 1 atom stereocenters. The van der Waals surface area contributed by atoms with E-state index in [0.29, 0.717) is 11.4 Å². The second-order valence-electron chi connectivity index (χ2n) is 3.44. The number of halogens is 1. The van der Waals surface area contributed by atoms with Crippen molar-refractivity contribution in [1.29, 1.82) is 0 Å². The van der Waals surface area contributed by atoms with Gasteiger partial charge >= 0.3 is 0 Å². The standard InChI is InChI=1S/C11H9ClN2O2/c1-6-13-9(11(16)14-6)7-2-4-8(5-3-7)10(12)15/h2-5,9,13H,1H2,(H,14,16). The molecule has 1 aromatic rings. The molecule has 1 amide bonds. The molecule has 5 heteroatoms. The predicted molar refractivity (Wildman–Crippen MR) is 59.8 cm³/mol. The molecule has 1 aliphatic rings. The zero-order chi connectivity index (χ0) is 11.7. The number of hydrogen-bond acceptors (Lipinski definition) is 3. The van der Waals surface area contributed by atoms with E-state index in [-0.39, 0.29) is 5.91 Å². The lowest BCUT2D eigenvalue weighted by Gasteiger charge is -2.08. The highest BCUT2D eigenvalue weighted by atomic mass is 35.5. The summed E-state index contributed by atoms with van der Waals surface area (Å²) in [5, 5.41) is 4.95. The average molecular weight is 237 g/mol. The van der Waals surface area contributed by atoms with Crippen molar-refractivity contribution in [2.24, 2.45) is 0 Å². The molecule has 1 saturated heterocycles. The number of carbonyl (C=O) groups is 2. The fourth-order valence-corrected chi connectivity index (χ4v) is 1.66. The van der Waals surface area contributed by atoms with Gasteiger partial charge in [-0.3, -0.25) is 9.59 Å². The predicted octanol–water partition coefficient (Wildman–Crippen LogP) is 1.30. The van der Waals surface area contributed by atoms with Gasteiger partial charge in [0.2, 0.25) is 0 Å². The van der Waals surface area contributed by atoms with E-state index in [2.05, 4.69) is 17.2 Å². The second kappa shape index (κ2) is 3.98. The topological polar surface area (TPSA) is 58.2 Å². The molecule has 4 nitrogen and oxygen atoms in total. The van der Waals surface area contributed by atoms with Crippen molar-refractivity contribution in [3.8, 4) is 0 Å². The first-order valence-corrected chi connectivity index (χ1v) is 5.02. The van der Waals surface area contributed by atoms with Gasteiger partial charge < -0.3 is 10.6 Å². The van der Waals surface area contributed by atoms with Crippen LogP contribution >= 0.6 is 11.6 Å². The van der Waals surface area contributed by atoms with Gasteiger partial charge in [-0.1, -0.05) is 18.7 Å². The molecule has 0 radical (unpaired) electrons. The average Bonchev–Trinajstić information content (AvgIpc) is 2.58. The Morgan fingerprint density at radius 2 is 1.94 bits per heavy atom. The number of benzene rings is 1. The van der Waals surface area contributed by atoms with Crippen LogP contribution in [0, 0.1) is 0 Å². The van der Waals surface area contributed by atoms with Gasteiger partial charge in [0.15, 0.2) is 0 Å². The summed E-state index contributed by atoms with van der Waals surface area (Å²) in [6.07, 6.45) is 0. The van der Waals surface area contributed by atoms with Gasteiger partial charge in [0, 0.05) is 5.56 Å². The fourth-order valence-electron chi connectivity index (χ4n) is 1.54. The fraction of sp³-hybridized carbons (Fsp3) is 0.0909. The van der Waals surface area contributed by atoms with E-state index in [1.165, 1.54) is 0 Å². The summed E-state index contributed by atoms with van der Waals surface area (Å²) in [7, 11) is 0. The Morgan fingerprint density at radius 1 is 1.31 bits per heavy atom. The number of amides is 1. The molecule has 0 saturated carbocycles. The maximum Gasteiger partial charge on any atom is 0.252 e. The number of nitrogens with one attached hydrogen (secondary N) is 2. The Kier molecular flexibility index (Phi) is 2.66. The summed E-state index contributed by atoms with van der Waals surface area (Å²) in [6.45, 7) is 3.61. The molecule has 1 aliphatic heterocycles. The smallest absolute Gasteiger partial charge is 0.252 e. The Morgan fingerprint density at radius 3 is 2.38 bits per heavy atom. The molecule has 0 bridgehead atoms. The van der Waals surface area contributed by atoms with Crippen molar-refractivity contribution in [3.63, 3.8) is 0 Å². The lowest BCUT2D eigenvalue weighted by Crippen LogP contribution is -2.19. The Labute approximate surface area is 97.3 Å². The first-order chi connectivity index (χ1) is 7.58. The zero-order valence-corrected chi connectivity index (χ0v) is 9.04. The van der Waals surface area contributed by atoms with E-state index in [9.17, 15) is 9.59 Å². The molecule has 0 spiro atoms. The summed E-state index contributed by atoms with van der Waals surface area (Å²) in [4.78, 5) is 22.3. The van der Waals surface area contributed by atoms with Gasteiger partial charge in [-0.15, -0.1) is 0 Å². The molecule has 0 aliphatic carbocycles. The number of rotatable bonds is 2. The van der Waals surface area contributed by atoms with Gasteiger partial charge in [-0.05, 0) is 29.3 Å². The van der Waals surface area contributed by atoms with Crippen molar-refractivity contribution in [3.05, 3.63) is 47.8 Å². The van der Waals surface area contributed by atoms with Crippen LogP contribution in [0.15, 0.2) is 36.7 Å². The first kappa shape index (κ1) is 10.7. The van der Waals surface area contributed by atoms with E-state index < -0.39 is 11.3 Å². The first-order valence-electron chi connectivity index (χ1n) is 4.64. The Bertz CT molecular complexity index is 467. The van der Waals surface area contributed by atoms with Crippen LogP contribution in [0.25, 0.3) is 0 Å². The van der Waals surface area contributed by atoms with Crippen LogP contribution in [0.3, 0.4) is 0 Å². The molecular weight excluding hydrogens is 228 g/mol. The SMILES string of the molecule is C=C1NC(=O)C(c2ccc(C(=O)Cl)cc2)N1. The minimum atomic E-state index is -0.514. The summed E-state index contributed by atoms with van der Waals surface area (Å²) in [6, 6.07) is 6.09. The van der Waals surface area contributed by atoms with Crippen LogP contribution in [-0.4, -0.2) is 11.1 Å². The molecule has 16 heavy (non-hydrogen) atoms. The van der Waals surface area contributed by atoms with Gasteiger partial charge in [-0.2, -0.15) is 0 Å². The van der Waals surface area contributed by atoms with Crippen molar-refractivity contribution in [2.45, 2.75) is 6.04 Å². The minimum Gasteiger partial charge on any atom is -0.357 e. The zero-order valence-electron chi connectivity index (χ0n) is 8.29. The van der Waals surface area contributed by atoms with Crippen molar-refractivity contribution < 1.29 is 9.59 Å². The molecular formula is C11H9ClN2O2. The summed E-state index contributed by atoms with van der Waals surface area (Å²) < 4.78 is 0. The second-order valence-corrected chi connectivity index (χ2v) is 3.78. The molecule has 1 aromatic carbocycles. The summed E-state index contributed by atoms with van der Waals surface area (Å²) >= 11 is 5.32. The normalized spacial score (nSPS) is 19.2. The van der Waals surface area contributed by atoms with E-state index in [4.69, 9.17) is 11.6 Å². The quantitative estimate of drug-likeness (QED) is 0.761. The van der Waals surface area contributed by atoms with E-state index >= 15 is 0 Å². The molecule has 0 aromatic heterocycles. The third-order valence-electron chi connectivity index (χ3n) is 2.33. The van der Waals surface area contributed by atoms with Crippen LogP contribution in [0.2, 0.25) is 0 Å². The maximum absolute atomic E-state index is 11.5. The minimum absolute atomic E-state index is 0.157. The van der Waals surface area contributed by atoms with Crippen LogP contribution in [0.5, 0.6) is 0 Å². The molecule has 2 rings (SSSR count). The van der Waals surface area contributed by atoms with E-state index in [1.807, 2.05) is 0 Å². The molecule has 2 N–H and O–H groups in total. The van der Waals surface area contributed by atoms with Gasteiger partial charge in [0.25, 0.3) is 11.1 Å². The van der Waals surface area contributed by atoms with Gasteiger partial charge in [0.1, 0.15) is 6.04 Å². The van der Waals surface area contributed by atoms with Crippen molar-refractivity contribution >= 4 is 22.8 Å². The molecule has 1 unspecified atom stereocenters. The van der Waals surface area contributed by atoms with Crippen molar-refractivity contribution in [1.82, 2.24) is 10.6 Å². The molecule has 1 fully saturated rings. The van der Waals surface area contributed by atoms with Gasteiger partial charge in [0.05, 0.1) is 5.82 Å². The highest BCUT2D eigenvalue weighted by molar-refractivity contribution is 6.67. The third kappa shape index (κ3) is 1.92. The van der Waals surface area contributed by atoms with Crippen LogP contribution in [-0.2, 0) is 4.79 Å². The summed E-state index contributed by atoms with van der Waals surface area (Å²) in [5.74, 6) is 0.322. The van der Waals surface area contributed by atoms with Gasteiger partial charge in [-0.25, -0.2) is 0 Å². The highest BCUT2D eigenvalue weighted by Crippen LogP contribution is 2.19. The molecule has 1 heterocycles. The monoisotopic (exact) mass is 236 g/mol.